The van der Waals surface area contributed by atoms with Gasteiger partial charge >= 0.3 is 0 Å². The summed E-state index contributed by atoms with van der Waals surface area (Å²) in [4.78, 5) is 6.46. The van der Waals surface area contributed by atoms with Crippen molar-refractivity contribution in [3.63, 3.8) is 0 Å². The molecule has 0 atom stereocenters. The lowest BCUT2D eigenvalue weighted by Crippen LogP contribution is -2.00. The summed E-state index contributed by atoms with van der Waals surface area (Å²) >= 11 is 1.58. The van der Waals surface area contributed by atoms with Crippen LogP contribution in [-0.2, 0) is 6.61 Å². The first kappa shape index (κ1) is 16.3. The molecule has 0 fully saturated rings. The number of rotatable bonds is 4. The van der Waals surface area contributed by atoms with E-state index in [1.165, 1.54) is 0 Å². The molecule has 3 aromatic heterocycles. The molecule has 0 radical (unpaired) electrons. The number of nitrogens with zero attached hydrogens (tertiary/aromatic N) is 4. The Labute approximate surface area is 169 Å². The average Bonchev–Trinajstić information content (AvgIpc) is 3.47. The van der Waals surface area contributed by atoms with E-state index in [2.05, 4.69) is 33.4 Å². The van der Waals surface area contributed by atoms with Crippen molar-refractivity contribution in [2.45, 2.75) is 6.61 Å². The molecule has 0 bridgehead atoms. The Kier molecular flexibility index (Phi) is 3.63. The van der Waals surface area contributed by atoms with Gasteiger partial charge in [0.25, 0.3) is 0 Å². The van der Waals surface area contributed by atoms with Crippen molar-refractivity contribution in [2.24, 2.45) is 0 Å². The molecule has 0 amide bonds. The highest BCUT2D eigenvalue weighted by Gasteiger charge is 2.16. The summed E-state index contributed by atoms with van der Waals surface area (Å²) in [6.45, 7) is 0.537. The van der Waals surface area contributed by atoms with E-state index in [1.54, 1.807) is 11.3 Å². The van der Waals surface area contributed by atoms with Crippen LogP contribution in [0.15, 0.2) is 60.9 Å². The zero-order valence-corrected chi connectivity index (χ0v) is 15.9. The summed E-state index contributed by atoms with van der Waals surface area (Å²) in [5, 5.41) is 9.68. The minimum Gasteiger partial charge on any atom is -0.485 e. The number of hydrogen-bond donors (Lipinski definition) is 0. The van der Waals surface area contributed by atoms with Crippen molar-refractivity contribution in [1.29, 1.82) is 0 Å². The van der Waals surface area contributed by atoms with Gasteiger partial charge in [0, 0.05) is 29.4 Å². The summed E-state index contributed by atoms with van der Waals surface area (Å²) in [6.07, 6.45) is 3.86. The number of fused-ring (bicyclic) bond motifs is 3. The molecule has 0 unspecified atom stereocenters. The summed E-state index contributed by atoms with van der Waals surface area (Å²) in [7, 11) is 0. The van der Waals surface area contributed by atoms with Gasteiger partial charge in [-0.25, -0.2) is 0 Å². The smallest absolute Gasteiger partial charge is 0.231 e. The van der Waals surface area contributed by atoms with Gasteiger partial charge in [-0.3, -0.25) is 9.38 Å². The summed E-state index contributed by atoms with van der Waals surface area (Å²) < 4.78 is 18.6. The molecule has 4 heterocycles. The van der Waals surface area contributed by atoms with Crippen molar-refractivity contribution < 1.29 is 14.2 Å². The topological polar surface area (TPSA) is 70.8 Å². The third-order valence-electron chi connectivity index (χ3n) is 4.79. The van der Waals surface area contributed by atoms with Crippen LogP contribution in [0.25, 0.3) is 26.3 Å². The Morgan fingerprint density at radius 3 is 2.97 bits per heavy atom. The lowest BCUT2D eigenvalue weighted by molar-refractivity contribution is 0.173. The molecule has 8 heteroatoms. The molecule has 142 valence electrons. The first-order valence-electron chi connectivity index (χ1n) is 9.05. The van der Waals surface area contributed by atoms with Crippen molar-refractivity contribution in [1.82, 2.24) is 19.6 Å². The number of para-hydroxylation sites is 1. The van der Waals surface area contributed by atoms with E-state index in [0.717, 1.165) is 37.9 Å². The second-order valence-corrected chi connectivity index (χ2v) is 7.56. The van der Waals surface area contributed by atoms with E-state index in [9.17, 15) is 0 Å². The van der Waals surface area contributed by atoms with Crippen LogP contribution in [0.4, 0.5) is 0 Å². The number of pyridine rings is 1. The van der Waals surface area contributed by atoms with Gasteiger partial charge in [0.1, 0.15) is 12.4 Å². The van der Waals surface area contributed by atoms with Gasteiger partial charge in [-0.2, -0.15) is 0 Å². The quantitative estimate of drug-likeness (QED) is 0.446. The Bertz CT molecular complexity index is 1360. The fourth-order valence-electron chi connectivity index (χ4n) is 3.39. The van der Waals surface area contributed by atoms with Gasteiger partial charge in [-0.15, -0.1) is 10.2 Å². The fraction of sp³-hybridized carbons (Fsp3) is 0.0952. The zero-order chi connectivity index (χ0) is 19.2. The van der Waals surface area contributed by atoms with Crippen LogP contribution in [0.5, 0.6) is 17.2 Å². The molecule has 0 saturated carbocycles. The third-order valence-corrected chi connectivity index (χ3v) is 5.80. The molecular weight excluding hydrogens is 388 g/mol. The molecule has 0 saturated heterocycles. The molecule has 1 aliphatic rings. The summed E-state index contributed by atoms with van der Waals surface area (Å²) in [6, 6.07) is 15.7. The molecule has 6 rings (SSSR count). The lowest BCUT2D eigenvalue weighted by atomic mass is 10.1. The van der Waals surface area contributed by atoms with E-state index in [1.807, 2.05) is 47.1 Å². The second kappa shape index (κ2) is 6.46. The largest absolute Gasteiger partial charge is 0.485 e. The van der Waals surface area contributed by atoms with Gasteiger partial charge in [0.2, 0.25) is 11.8 Å². The van der Waals surface area contributed by atoms with Crippen LogP contribution in [0, 0.1) is 0 Å². The Balaban J connectivity index is 1.31. The molecule has 0 aliphatic carbocycles. The highest BCUT2D eigenvalue weighted by atomic mass is 32.1. The van der Waals surface area contributed by atoms with Crippen LogP contribution in [-0.4, -0.2) is 26.4 Å². The maximum atomic E-state index is 5.90. The Hall–Kier alpha value is -3.65. The highest BCUT2D eigenvalue weighted by molar-refractivity contribution is 7.20. The third kappa shape index (κ3) is 2.76. The molecular formula is C21H14N4O3S. The zero-order valence-electron chi connectivity index (χ0n) is 15.1. The number of ether oxygens (including phenoxy) is 3. The maximum absolute atomic E-state index is 5.90. The van der Waals surface area contributed by atoms with Crippen LogP contribution >= 0.6 is 11.3 Å². The predicted molar refractivity (Wildman–Crippen MR) is 108 cm³/mol. The number of thiazole rings is 1. The van der Waals surface area contributed by atoms with Gasteiger partial charge in [-0.05, 0) is 18.2 Å². The number of benzene rings is 2. The van der Waals surface area contributed by atoms with E-state index < -0.39 is 0 Å². The van der Waals surface area contributed by atoms with Crippen molar-refractivity contribution in [3.8, 4) is 27.7 Å². The minimum atomic E-state index is 0.240. The summed E-state index contributed by atoms with van der Waals surface area (Å²) in [5.74, 6) is 2.84. The predicted octanol–water partition coefficient (Wildman–Crippen LogP) is 4.31. The van der Waals surface area contributed by atoms with Crippen molar-refractivity contribution >= 4 is 27.2 Å². The maximum Gasteiger partial charge on any atom is 0.231 e. The van der Waals surface area contributed by atoms with Gasteiger partial charge in [0.05, 0.1) is 10.4 Å². The Morgan fingerprint density at radius 1 is 1.03 bits per heavy atom. The number of aromatic nitrogens is 4. The van der Waals surface area contributed by atoms with Crippen LogP contribution in [0.3, 0.4) is 0 Å². The molecule has 29 heavy (non-hydrogen) atoms. The Morgan fingerprint density at radius 2 is 1.97 bits per heavy atom. The lowest BCUT2D eigenvalue weighted by Gasteiger charge is -2.05. The van der Waals surface area contributed by atoms with Crippen LogP contribution in [0.2, 0.25) is 0 Å². The average molecular weight is 402 g/mol. The second-order valence-electron chi connectivity index (χ2n) is 6.55. The van der Waals surface area contributed by atoms with Crippen molar-refractivity contribution in [3.05, 3.63) is 66.7 Å². The van der Waals surface area contributed by atoms with Crippen LogP contribution < -0.4 is 14.2 Å². The van der Waals surface area contributed by atoms with E-state index in [4.69, 9.17) is 14.2 Å². The SMILES string of the molecule is c1cnc2c(-c3cn4c(COc5ccc6c(c5)OCO6)nnc4s3)cccc2c1. The molecule has 0 spiro atoms. The van der Waals surface area contributed by atoms with E-state index in [-0.39, 0.29) is 6.79 Å². The normalized spacial score (nSPS) is 12.7. The molecule has 5 aromatic rings. The molecule has 7 nitrogen and oxygen atoms in total. The molecule has 2 aromatic carbocycles. The van der Waals surface area contributed by atoms with Gasteiger partial charge < -0.3 is 14.2 Å². The monoisotopic (exact) mass is 402 g/mol. The van der Waals surface area contributed by atoms with Gasteiger partial charge in [0.15, 0.2) is 17.3 Å². The molecule has 1 aliphatic heterocycles. The first-order chi connectivity index (χ1) is 14.3. The molecule has 0 N–H and O–H groups in total. The van der Waals surface area contributed by atoms with E-state index in [0.29, 0.717) is 18.1 Å². The van der Waals surface area contributed by atoms with Crippen LogP contribution in [0.1, 0.15) is 5.82 Å². The van der Waals surface area contributed by atoms with E-state index >= 15 is 0 Å². The standard InChI is InChI=1S/C21H14N4O3S/c1-3-13-4-2-8-22-20(13)15(5-1)18-10-25-19(23-24-21(25)29-18)11-26-14-6-7-16-17(9-14)28-12-27-16/h1-10H,11-12H2. The summed E-state index contributed by atoms with van der Waals surface area (Å²) in [5.41, 5.74) is 2.06. The first-order valence-corrected chi connectivity index (χ1v) is 9.87. The minimum absolute atomic E-state index is 0.240. The number of hydrogen-bond acceptors (Lipinski definition) is 7. The van der Waals surface area contributed by atoms with Crippen molar-refractivity contribution in [2.75, 3.05) is 6.79 Å². The fourth-order valence-corrected chi connectivity index (χ4v) is 4.36. The van der Waals surface area contributed by atoms with Gasteiger partial charge in [-0.1, -0.05) is 35.6 Å². The highest BCUT2D eigenvalue weighted by Crippen LogP contribution is 2.36.